The van der Waals surface area contributed by atoms with Gasteiger partial charge in [-0.25, -0.2) is 4.39 Å². The van der Waals surface area contributed by atoms with E-state index in [4.69, 9.17) is 16.9 Å². The predicted octanol–water partition coefficient (Wildman–Crippen LogP) is 3.80. The average Bonchev–Trinajstić information content (AvgIpc) is 2.41. The summed E-state index contributed by atoms with van der Waals surface area (Å²) in [5.41, 5.74) is 1.31. The molecular formula is C15H10ClFN2O. The number of carbonyl (C=O) groups is 1. The molecule has 20 heavy (non-hydrogen) atoms. The molecule has 0 aliphatic carbocycles. The summed E-state index contributed by atoms with van der Waals surface area (Å²) in [6, 6.07) is 12.7. The minimum atomic E-state index is -0.670. The highest BCUT2D eigenvalue weighted by Gasteiger charge is 2.12. The van der Waals surface area contributed by atoms with Crippen LogP contribution in [0.3, 0.4) is 0 Å². The number of halogens is 2. The van der Waals surface area contributed by atoms with Crippen LogP contribution in [-0.4, -0.2) is 5.91 Å². The van der Waals surface area contributed by atoms with Crippen molar-refractivity contribution in [3.05, 3.63) is 64.4 Å². The van der Waals surface area contributed by atoms with Crippen LogP contribution in [0.5, 0.6) is 0 Å². The third kappa shape index (κ3) is 3.34. The molecule has 3 nitrogen and oxygen atoms in total. The molecule has 0 aromatic heterocycles. The van der Waals surface area contributed by atoms with Crippen LogP contribution in [0.2, 0.25) is 5.02 Å². The number of nitrogens with zero attached hydrogens (tertiary/aromatic N) is 1. The Bertz CT molecular complexity index is 677. The summed E-state index contributed by atoms with van der Waals surface area (Å²) in [6.45, 7) is 0. The number of rotatable bonds is 3. The molecule has 1 amide bonds. The molecular weight excluding hydrogens is 279 g/mol. The number of carbonyl (C=O) groups excluding carboxylic acids is 1. The van der Waals surface area contributed by atoms with Crippen molar-refractivity contribution in [2.24, 2.45) is 0 Å². The average molecular weight is 289 g/mol. The number of hydrogen-bond donors (Lipinski definition) is 1. The van der Waals surface area contributed by atoms with Gasteiger partial charge in [0.05, 0.1) is 18.1 Å². The molecule has 2 aromatic rings. The predicted molar refractivity (Wildman–Crippen MR) is 75.1 cm³/mol. The fraction of sp³-hybridized carbons (Fsp3) is 0.0667. The van der Waals surface area contributed by atoms with Gasteiger partial charge in [0.15, 0.2) is 0 Å². The molecule has 0 bridgehead atoms. The van der Waals surface area contributed by atoms with Crippen LogP contribution in [-0.2, 0) is 6.42 Å². The van der Waals surface area contributed by atoms with Gasteiger partial charge in [-0.05, 0) is 35.9 Å². The van der Waals surface area contributed by atoms with E-state index in [0.29, 0.717) is 12.1 Å². The first-order valence-electron chi connectivity index (χ1n) is 5.82. The second-order valence-electron chi connectivity index (χ2n) is 4.11. The summed E-state index contributed by atoms with van der Waals surface area (Å²) < 4.78 is 13.6. The third-order valence-corrected chi connectivity index (χ3v) is 2.91. The fourth-order valence-electron chi connectivity index (χ4n) is 1.67. The van der Waals surface area contributed by atoms with Crippen LogP contribution < -0.4 is 5.32 Å². The SMILES string of the molecule is N#CCc1ccc(NC(=O)c2ccc(Cl)cc2F)cc1. The number of amides is 1. The lowest BCUT2D eigenvalue weighted by Crippen LogP contribution is -2.13. The van der Waals surface area contributed by atoms with Gasteiger partial charge in [0, 0.05) is 10.7 Å². The molecule has 0 unspecified atom stereocenters. The summed E-state index contributed by atoms with van der Waals surface area (Å²) in [6.07, 6.45) is 0.306. The van der Waals surface area contributed by atoms with Crippen LogP contribution in [0.1, 0.15) is 15.9 Å². The Labute approximate surface area is 120 Å². The van der Waals surface area contributed by atoms with E-state index in [2.05, 4.69) is 5.32 Å². The van der Waals surface area contributed by atoms with Crippen LogP contribution in [0.15, 0.2) is 42.5 Å². The number of anilines is 1. The second kappa shape index (κ2) is 6.18. The molecule has 2 rings (SSSR count). The standard InChI is InChI=1S/C15H10ClFN2O/c16-11-3-6-13(14(17)9-11)15(20)19-12-4-1-10(2-5-12)7-8-18/h1-6,9H,7H2,(H,19,20). The van der Waals surface area contributed by atoms with Gasteiger partial charge in [0.2, 0.25) is 0 Å². The first-order valence-corrected chi connectivity index (χ1v) is 6.20. The molecule has 0 saturated heterocycles. The monoisotopic (exact) mass is 288 g/mol. The van der Waals surface area contributed by atoms with Crippen LogP contribution in [0.25, 0.3) is 0 Å². The Hall–Kier alpha value is -2.38. The van der Waals surface area contributed by atoms with Crippen molar-refractivity contribution in [3.63, 3.8) is 0 Å². The quantitative estimate of drug-likeness (QED) is 0.934. The molecule has 0 radical (unpaired) electrons. The molecule has 0 aliphatic rings. The van der Waals surface area contributed by atoms with E-state index < -0.39 is 11.7 Å². The molecule has 0 atom stereocenters. The Morgan fingerprint density at radius 3 is 2.55 bits per heavy atom. The molecule has 100 valence electrons. The van der Waals surface area contributed by atoms with Crippen molar-refractivity contribution >= 4 is 23.2 Å². The molecule has 0 fully saturated rings. The van der Waals surface area contributed by atoms with E-state index >= 15 is 0 Å². The second-order valence-corrected chi connectivity index (χ2v) is 4.55. The lowest BCUT2D eigenvalue weighted by atomic mass is 10.1. The van der Waals surface area contributed by atoms with Gasteiger partial charge in [-0.2, -0.15) is 5.26 Å². The zero-order valence-corrected chi connectivity index (χ0v) is 11.1. The van der Waals surface area contributed by atoms with Crippen molar-refractivity contribution in [2.45, 2.75) is 6.42 Å². The maximum atomic E-state index is 13.6. The summed E-state index contributed by atoms with van der Waals surface area (Å²) in [4.78, 5) is 11.9. The summed E-state index contributed by atoms with van der Waals surface area (Å²) >= 11 is 5.63. The number of nitriles is 1. The Morgan fingerprint density at radius 1 is 1.25 bits per heavy atom. The van der Waals surface area contributed by atoms with Crippen molar-refractivity contribution in [1.29, 1.82) is 5.26 Å². The maximum Gasteiger partial charge on any atom is 0.258 e. The summed E-state index contributed by atoms with van der Waals surface area (Å²) in [5.74, 6) is -1.22. The summed E-state index contributed by atoms with van der Waals surface area (Å²) in [5, 5.41) is 11.4. The third-order valence-electron chi connectivity index (χ3n) is 2.67. The molecule has 5 heteroatoms. The number of hydrogen-bond acceptors (Lipinski definition) is 2. The maximum absolute atomic E-state index is 13.6. The zero-order chi connectivity index (χ0) is 14.5. The van der Waals surface area contributed by atoms with Crippen molar-refractivity contribution in [3.8, 4) is 6.07 Å². The van der Waals surface area contributed by atoms with Crippen molar-refractivity contribution < 1.29 is 9.18 Å². The van der Waals surface area contributed by atoms with Gasteiger partial charge < -0.3 is 5.32 Å². The van der Waals surface area contributed by atoms with Crippen LogP contribution >= 0.6 is 11.6 Å². The van der Waals surface area contributed by atoms with Gasteiger partial charge in [-0.15, -0.1) is 0 Å². The molecule has 0 saturated carbocycles. The van der Waals surface area contributed by atoms with E-state index in [9.17, 15) is 9.18 Å². The van der Waals surface area contributed by atoms with E-state index in [1.165, 1.54) is 12.1 Å². The Morgan fingerprint density at radius 2 is 1.95 bits per heavy atom. The van der Waals surface area contributed by atoms with Gasteiger partial charge in [0.1, 0.15) is 5.82 Å². The molecule has 2 aromatic carbocycles. The Kier molecular flexibility index (Phi) is 4.34. The van der Waals surface area contributed by atoms with Crippen molar-refractivity contribution in [2.75, 3.05) is 5.32 Å². The van der Waals surface area contributed by atoms with Crippen molar-refractivity contribution in [1.82, 2.24) is 0 Å². The van der Waals surface area contributed by atoms with Gasteiger partial charge >= 0.3 is 0 Å². The highest BCUT2D eigenvalue weighted by Crippen LogP contribution is 2.17. The summed E-state index contributed by atoms with van der Waals surface area (Å²) in [7, 11) is 0. The topological polar surface area (TPSA) is 52.9 Å². The smallest absolute Gasteiger partial charge is 0.258 e. The normalized spacial score (nSPS) is 9.85. The lowest BCUT2D eigenvalue weighted by Gasteiger charge is -2.07. The highest BCUT2D eigenvalue weighted by molar-refractivity contribution is 6.30. The largest absolute Gasteiger partial charge is 0.322 e. The molecule has 0 aliphatic heterocycles. The van der Waals surface area contributed by atoms with E-state index in [1.807, 2.05) is 6.07 Å². The minimum Gasteiger partial charge on any atom is -0.322 e. The van der Waals surface area contributed by atoms with E-state index in [1.54, 1.807) is 24.3 Å². The molecule has 0 spiro atoms. The molecule has 1 N–H and O–H groups in total. The van der Waals surface area contributed by atoms with Crippen LogP contribution in [0, 0.1) is 17.1 Å². The molecule has 0 heterocycles. The zero-order valence-electron chi connectivity index (χ0n) is 10.4. The number of benzene rings is 2. The minimum absolute atomic E-state index is 0.0736. The lowest BCUT2D eigenvalue weighted by molar-refractivity contribution is 0.102. The van der Waals surface area contributed by atoms with E-state index in [0.717, 1.165) is 11.6 Å². The van der Waals surface area contributed by atoms with E-state index in [-0.39, 0.29) is 10.6 Å². The first-order chi connectivity index (χ1) is 9.60. The fourth-order valence-corrected chi connectivity index (χ4v) is 1.83. The van der Waals surface area contributed by atoms with Gasteiger partial charge in [-0.3, -0.25) is 4.79 Å². The Balaban J connectivity index is 2.13. The van der Waals surface area contributed by atoms with Gasteiger partial charge in [-0.1, -0.05) is 23.7 Å². The van der Waals surface area contributed by atoms with Crippen LogP contribution in [0.4, 0.5) is 10.1 Å². The number of nitrogens with one attached hydrogen (secondary N) is 1. The first kappa shape index (κ1) is 14.0. The highest BCUT2D eigenvalue weighted by atomic mass is 35.5. The van der Waals surface area contributed by atoms with Gasteiger partial charge in [0.25, 0.3) is 5.91 Å².